The topological polar surface area (TPSA) is 71.2 Å². The number of nitrogen functional groups attached to an aromatic ring is 1. The maximum Gasteiger partial charge on any atom is 0.150 e. The van der Waals surface area contributed by atoms with Gasteiger partial charge in [0.05, 0.1) is 5.56 Å². The van der Waals surface area contributed by atoms with Crippen LogP contribution in [-0.4, -0.2) is 10.1 Å². The second kappa shape index (κ2) is 3.03. The number of pyridine rings is 1. The highest BCUT2D eigenvalue weighted by molar-refractivity contribution is 5.66. The van der Waals surface area contributed by atoms with Crippen LogP contribution in [0.15, 0.2) is 24.9 Å². The molecule has 0 aliphatic carbocycles. The van der Waals surface area contributed by atoms with Crippen molar-refractivity contribution < 1.29 is 5.11 Å². The number of aliphatic hydroxyl groups excluding tert-OH is 1. The van der Waals surface area contributed by atoms with Gasteiger partial charge in [0.2, 0.25) is 0 Å². The summed E-state index contributed by atoms with van der Waals surface area (Å²) in [4.78, 5) is 3.86. The molecular weight excluding hydrogens is 142 g/mol. The van der Waals surface area contributed by atoms with E-state index >= 15 is 0 Å². The SMILES string of the molecule is C=C(O)c1cccnc1NN. The Morgan fingerprint density at radius 3 is 2.91 bits per heavy atom. The number of hydrazine groups is 1. The Labute approximate surface area is 64.3 Å². The zero-order valence-corrected chi connectivity index (χ0v) is 5.91. The monoisotopic (exact) mass is 151 g/mol. The van der Waals surface area contributed by atoms with Crippen LogP contribution in [0.25, 0.3) is 5.76 Å². The van der Waals surface area contributed by atoms with E-state index < -0.39 is 0 Å². The molecule has 0 fully saturated rings. The van der Waals surface area contributed by atoms with Crippen LogP contribution in [0.4, 0.5) is 5.82 Å². The molecule has 0 amide bonds. The summed E-state index contributed by atoms with van der Waals surface area (Å²) < 4.78 is 0. The fourth-order valence-corrected chi connectivity index (χ4v) is 0.753. The molecule has 11 heavy (non-hydrogen) atoms. The lowest BCUT2D eigenvalue weighted by Crippen LogP contribution is -2.10. The van der Waals surface area contributed by atoms with Crippen LogP contribution in [0, 0.1) is 0 Å². The summed E-state index contributed by atoms with van der Waals surface area (Å²) in [6.45, 7) is 3.35. The minimum atomic E-state index is -0.0500. The predicted molar refractivity (Wildman–Crippen MR) is 43.7 cm³/mol. The zero-order chi connectivity index (χ0) is 8.27. The molecule has 0 saturated carbocycles. The maximum absolute atomic E-state index is 9.01. The quantitative estimate of drug-likeness (QED) is 0.333. The van der Waals surface area contributed by atoms with Gasteiger partial charge in [0.25, 0.3) is 0 Å². The summed E-state index contributed by atoms with van der Waals surface area (Å²) in [6.07, 6.45) is 1.57. The molecule has 4 N–H and O–H groups in total. The summed E-state index contributed by atoms with van der Waals surface area (Å²) in [7, 11) is 0. The van der Waals surface area contributed by atoms with Gasteiger partial charge in [0.1, 0.15) is 5.76 Å². The number of rotatable bonds is 2. The van der Waals surface area contributed by atoms with E-state index in [-0.39, 0.29) is 5.76 Å². The Hall–Kier alpha value is -1.55. The fraction of sp³-hybridized carbons (Fsp3) is 0. The van der Waals surface area contributed by atoms with Crippen molar-refractivity contribution in [3.05, 3.63) is 30.5 Å². The number of hydrogen-bond acceptors (Lipinski definition) is 4. The number of nitrogens with zero attached hydrogens (tertiary/aromatic N) is 1. The molecule has 0 aliphatic rings. The van der Waals surface area contributed by atoms with Gasteiger partial charge in [0, 0.05) is 6.20 Å². The highest BCUT2D eigenvalue weighted by Gasteiger charge is 2.02. The zero-order valence-electron chi connectivity index (χ0n) is 5.91. The molecule has 1 aromatic heterocycles. The average Bonchev–Trinajstić information content (AvgIpc) is 2.04. The average molecular weight is 151 g/mol. The van der Waals surface area contributed by atoms with Crippen molar-refractivity contribution in [1.29, 1.82) is 0 Å². The number of nitrogens with one attached hydrogen (secondary N) is 1. The second-order valence-electron chi connectivity index (χ2n) is 1.99. The van der Waals surface area contributed by atoms with Gasteiger partial charge < -0.3 is 10.5 Å². The first-order valence-corrected chi connectivity index (χ1v) is 3.05. The van der Waals surface area contributed by atoms with Gasteiger partial charge in [-0.2, -0.15) is 0 Å². The van der Waals surface area contributed by atoms with Crippen molar-refractivity contribution in [2.24, 2.45) is 5.84 Å². The molecule has 58 valence electrons. The van der Waals surface area contributed by atoms with Gasteiger partial charge in [-0.15, -0.1) is 0 Å². The van der Waals surface area contributed by atoms with Gasteiger partial charge in [0.15, 0.2) is 5.82 Å². The predicted octanol–water partition coefficient (Wildman–Crippen LogP) is 0.896. The van der Waals surface area contributed by atoms with Gasteiger partial charge in [-0.3, -0.25) is 0 Å². The summed E-state index contributed by atoms with van der Waals surface area (Å²) in [5.74, 6) is 5.49. The van der Waals surface area contributed by atoms with E-state index in [9.17, 15) is 0 Å². The second-order valence-corrected chi connectivity index (χ2v) is 1.99. The molecule has 0 saturated heterocycles. The highest BCUT2D eigenvalue weighted by Crippen LogP contribution is 2.15. The van der Waals surface area contributed by atoms with Crippen LogP contribution in [0.1, 0.15) is 5.56 Å². The molecule has 0 bridgehead atoms. The minimum Gasteiger partial charge on any atom is -0.508 e. The molecule has 0 atom stereocenters. The number of anilines is 1. The smallest absolute Gasteiger partial charge is 0.150 e. The first kappa shape index (κ1) is 7.56. The van der Waals surface area contributed by atoms with Crippen LogP contribution in [0.5, 0.6) is 0 Å². The Balaban J connectivity index is 3.12. The Morgan fingerprint density at radius 1 is 1.73 bits per heavy atom. The van der Waals surface area contributed by atoms with Crippen molar-refractivity contribution in [3.8, 4) is 0 Å². The van der Waals surface area contributed by atoms with Gasteiger partial charge in [-0.05, 0) is 12.1 Å². The molecule has 1 rings (SSSR count). The standard InChI is InChI=1S/C7H9N3O/c1-5(11)6-3-2-4-9-7(6)10-8/h2-4,11H,1,8H2,(H,9,10). The normalized spacial score (nSPS) is 9.18. The molecule has 0 spiro atoms. The van der Waals surface area contributed by atoms with Crippen molar-refractivity contribution in [2.45, 2.75) is 0 Å². The number of aromatic nitrogens is 1. The van der Waals surface area contributed by atoms with Crippen molar-refractivity contribution in [2.75, 3.05) is 5.43 Å². The van der Waals surface area contributed by atoms with E-state index in [1.54, 1.807) is 18.3 Å². The molecule has 4 nitrogen and oxygen atoms in total. The summed E-state index contributed by atoms with van der Waals surface area (Å²) >= 11 is 0. The van der Waals surface area contributed by atoms with Gasteiger partial charge in [-0.25, -0.2) is 10.8 Å². The van der Waals surface area contributed by atoms with Gasteiger partial charge in [-0.1, -0.05) is 6.58 Å². The van der Waals surface area contributed by atoms with Crippen molar-refractivity contribution >= 4 is 11.6 Å². The third kappa shape index (κ3) is 1.47. The molecule has 1 heterocycles. The van der Waals surface area contributed by atoms with Crippen LogP contribution in [0.3, 0.4) is 0 Å². The Bertz CT molecular complexity index is 272. The van der Waals surface area contributed by atoms with E-state index in [0.717, 1.165) is 0 Å². The highest BCUT2D eigenvalue weighted by atomic mass is 16.3. The van der Waals surface area contributed by atoms with E-state index in [4.69, 9.17) is 10.9 Å². The molecule has 4 heteroatoms. The van der Waals surface area contributed by atoms with Gasteiger partial charge >= 0.3 is 0 Å². The third-order valence-electron chi connectivity index (χ3n) is 1.26. The molecule has 0 unspecified atom stereocenters. The molecule has 0 aliphatic heterocycles. The molecule has 1 aromatic rings. The lowest BCUT2D eigenvalue weighted by atomic mass is 10.2. The van der Waals surface area contributed by atoms with Crippen molar-refractivity contribution in [3.63, 3.8) is 0 Å². The summed E-state index contributed by atoms with van der Waals surface area (Å²) in [5, 5.41) is 9.01. The van der Waals surface area contributed by atoms with Crippen LogP contribution in [-0.2, 0) is 0 Å². The van der Waals surface area contributed by atoms with Crippen LogP contribution >= 0.6 is 0 Å². The summed E-state index contributed by atoms with van der Waals surface area (Å²) in [6, 6.07) is 3.36. The first-order chi connectivity index (χ1) is 5.25. The minimum absolute atomic E-state index is 0.0500. The number of aliphatic hydroxyl groups is 1. The lowest BCUT2D eigenvalue weighted by molar-refractivity contribution is 0.514. The van der Waals surface area contributed by atoms with E-state index in [1.165, 1.54) is 0 Å². The largest absolute Gasteiger partial charge is 0.508 e. The first-order valence-electron chi connectivity index (χ1n) is 3.05. The third-order valence-corrected chi connectivity index (χ3v) is 1.26. The number of nitrogens with two attached hydrogens (primary N) is 1. The molecule has 0 radical (unpaired) electrons. The van der Waals surface area contributed by atoms with Crippen molar-refractivity contribution in [1.82, 2.24) is 4.98 Å². The molecule has 0 aromatic carbocycles. The van der Waals surface area contributed by atoms with E-state index in [1.807, 2.05) is 0 Å². The molecular formula is C7H9N3O. The van der Waals surface area contributed by atoms with Crippen LogP contribution < -0.4 is 11.3 Å². The Kier molecular flexibility index (Phi) is 2.08. The van der Waals surface area contributed by atoms with Crippen LogP contribution in [0.2, 0.25) is 0 Å². The number of hydrogen-bond donors (Lipinski definition) is 3. The van der Waals surface area contributed by atoms with E-state index in [2.05, 4.69) is 17.0 Å². The summed E-state index contributed by atoms with van der Waals surface area (Å²) in [5.41, 5.74) is 2.85. The Morgan fingerprint density at radius 2 is 2.45 bits per heavy atom. The lowest BCUT2D eigenvalue weighted by Gasteiger charge is -2.04. The fourth-order valence-electron chi connectivity index (χ4n) is 0.753. The van der Waals surface area contributed by atoms with E-state index in [0.29, 0.717) is 11.4 Å². The maximum atomic E-state index is 9.01.